The van der Waals surface area contributed by atoms with Gasteiger partial charge < -0.3 is 19.4 Å². The predicted molar refractivity (Wildman–Crippen MR) is 106 cm³/mol. The zero-order valence-electron chi connectivity index (χ0n) is 16.3. The Morgan fingerprint density at radius 2 is 1.85 bits per heavy atom. The van der Waals surface area contributed by atoms with E-state index in [-0.39, 0.29) is 6.09 Å². The minimum absolute atomic E-state index is 0.237. The van der Waals surface area contributed by atoms with Crippen LogP contribution in [0.5, 0.6) is 0 Å². The van der Waals surface area contributed by atoms with Gasteiger partial charge in [-0.1, -0.05) is 30.3 Å². The molecule has 0 saturated carbocycles. The van der Waals surface area contributed by atoms with Gasteiger partial charge in [-0.25, -0.2) is 9.78 Å². The average molecular weight is 369 g/mol. The molecule has 1 aromatic heterocycles. The van der Waals surface area contributed by atoms with Gasteiger partial charge in [0.25, 0.3) is 0 Å². The van der Waals surface area contributed by atoms with Crippen LogP contribution in [0.2, 0.25) is 0 Å². The molecule has 2 aromatic rings. The Balaban J connectivity index is 1.68. The molecule has 3 rings (SSSR count). The lowest BCUT2D eigenvalue weighted by Crippen LogP contribution is -2.49. The molecule has 0 spiro atoms. The van der Waals surface area contributed by atoms with Crippen LogP contribution in [0.4, 0.5) is 16.6 Å². The highest BCUT2D eigenvalue weighted by atomic mass is 16.6. The summed E-state index contributed by atoms with van der Waals surface area (Å²) in [6, 6.07) is 12.3. The van der Waals surface area contributed by atoms with E-state index in [2.05, 4.69) is 26.9 Å². The molecule has 1 fully saturated rings. The number of piperazine rings is 1. The van der Waals surface area contributed by atoms with Gasteiger partial charge in [0, 0.05) is 51.5 Å². The third kappa shape index (κ3) is 4.87. The standard InChI is InChI=1S/C20H27N5O2/c1-4-27-20(26)25-12-10-24(11-13-25)18-14-16(2)21-19(22-18)23(3)15-17-8-6-5-7-9-17/h5-9,14H,4,10-13,15H2,1-3H3. The zero-order chi connectivity index (χ0) is 19.2. The summed E-state index contributed by atoms with van der Waals surface area (Å²) in [5, 5.41) is 0. The minimum atomic E-state index is -0.237. The molecule has 1 amide bonds. The van der Waals surface area contributed by atoms with E-state index in [1.54, 1.807) is 4.90 Å². The van der Waals surface area contributed by atoms with E-state index in [1.165, 1.54) is 5.56 Å². The third-order valence-corrected chi connectivity index (χ3v) is 4.56. The highest BCUT2D eigenvalue weighted by Gasteiger charge is 2.23. The Kier molecular flexibility index (Phi) is 6.11. The van der Waals surface area contributed by atoms with Crippen molar-refractivity contribution in [2.24, 2.45) is 0 Å². The van der Waals surface area contributed by atoms with Crippen molar-refractivity contribution in [3.05, 3.63) is 47.7 Å². The van der Waals surface area contributed by atoms with Crippen molar-refractivity contribution in [3.63, 3.8) is 0 Å². The number of hydrogen-bond donors (Lipinski definition) is 0. The smallest absolute Gasteiger partial charge is 0.409 e. The molecule has 0 atom stereocenters. The number of aryl methyl sites for hydroxylation is 1. The number of hydrogen-bond acceptors (Lipinski definition) is 6. The van der Waals surface area contributed by atoms with Crippen LogP contribution in [0.25, 0.3) is 0 Å². The van der Waals surface area contributed by atoms with Crippen LogP contribution in [0, 0.1) is 6.92 Å². The number of ether oxygens (including phenoxy) is 1. The lowest BCUT2D eigenvalue weighted by molar-refractivity contribution is 0.105. The number of rotatable bonds is 5. The molecule has 7 heteroatoms. The molecule has 0 radical (unpaired) electrons. The summed E-state index contributed by atoms with van der Waals surface area (Å²) < 4.78 is 5.08. The second kappa shape index (κ2) is 8.70. The number of aromatic nitrogens is 2. The first kappa shape index (κ1) is 18.9. The van der Waals surface area contributed by atoms with Crippen molar-refractivity contribution in [3.8, 4) is 0 Å². The van der Waals surface area contributed by atoms with E-state index in [9.17, 15) is 4.79 Å². The Morgan fingerprint density at radius 3 is 2.52 bits per heavy atom. The molecule has 2 heterocycles. The van der Waals surface area contributed by atoms with Crippen LogP contribution in [-0.2, 0) is 11.3 Å². The van der Waals surface area contributed by atoms with E-state index in [0.717, 1.165) is 31.1 Å². The van der Waals surface area contributed by atoms with E-state index in [1.807, 2.05) is 45.2 Å². The number of benzene rings is 1. The lowest BCUT2D eigenvalue weighted by atomic mass is 10.2. The number of amides is 1. The summed E-state index contributed by atoms with van der Waals surface area (Å²) in [5.41, 5.74) is 2.15. The van der Waals surface area contributed by atoms with E-state index in [4.69, 9.17) is 9.72 Å². The fourth-order valence-corrected chi connectivity index (χ4v) is 3.13. The molecule has 0 N–H and O–H groups in total. The Labute approximate surface area is 160 Å². The van der Waals surface area contributed by atoms with Crippen LogP contribution in [-0.4, -0.2) is 60.8 Å². The van der Waals surface area contributed by atoms with Gasteiger partial charge in [0.2, 0.25) is 5.95 Å². The second-order valence-electron chi connectivity index (χ2n) is 6.68. The predicted octanol–water partition coefficient (Wildman–Crippen LogP) is 2.70. The molecular weight excluding hydrogens is 342 g/mol. The number of carbonyl (C=O) groups is 1. The number of anilines is 2. The maximum atomic E-state index is 11.9. The maximum absolute atomic E-state index is 11.9. The fourth-order valence-electron chi connectivity index (χ4n) is 3.13. The molecule has 1 aromatic carbocycles. The van der Waals surface area contributed by atoms with Crippen LogP contribution >= 0.6 is 0 Å². The first-order chi connectivity index (χ1) is 13.1. The third-order valence-electron chi connectivity index (χ3n) is 4.56. The van der Waals surface area contributed by atoms with Gasteiger partial charge in [0.1, 0.15) is 5.82 Å². The van der Waals surface area contributed by atoms with Gasteiger partial charge in [-0.05, 0) is 19.4 Å². The molecule has 0 aliphatic carbocycles. The molecule has 7 nitrogen and oxygen atoms in total. The van der Waals surface area contributed by atoms with E-state index < -0.39 is 0 Å². The Morgan fingerprint density at radius 1 is 1.15 bits per heavy atom. The van der Waals surface area contributed by atoms with Crippen molar-refractivity contribution in [1.82, 2.24) is 14.9 Å². The van der Waals surface area contributed by atoms with Crippen molar-refractivity contribution >= 4 is 17.9 Å². The fraction of sp³-hybridized carbons (Fsp3) is 0.450. The molecule has 1 saturated heterocycles. The normalized spacial score (nSPS) is 14.2. The summed E-state index contributed by atoms with van der Waals surface area (Å²) in [5.74, 6) is 1.61. The number of nitrogens with zero attached hydrogens (tertiary/aromatic N) is 5. The summed E-state index contributed by atoms with van der Waals surface area (Å²) in [6.07, 6.45) is -0.237. The number of carbonyl (C=O) groups excluding carboxylic acids is 1. The van der Waals surface area contributed by atoms with Crippen molar-refractivity contribution < 1.29 is 9.53 Å². The summed E-state index contributed by atoms with van der Waals surface area (Å²) in [4.78, 5) is 27.2. The molecule has 0 bridgehead atoms. The molecule has 1 aliphatic heterocycles. The quantitative estimate of drug-likeness (QED) is 0.808. The maximum Gasteiger partial charge on any atom is 0.409 e. The summed E-state index contributed by atoms with van der Waals surface area (Å²) in [6.45, 7) is 7.70. The van der Waals surface area contributed by atoms with Gasteiger partial charge in [-0.3, -0.25) is 0 Å². The van der Waals surface area contributed by atoms with Crippen LogP contribution in [0.15, 0.2) is 36.4 Å². The molecular formula is C20H27N5O2. The van der Waals surface area contributed by atoms with Gasteiger partial charge >= 0.3 is 6.09 Å². The van der Waals surface area contributed by atoms with Crippen LogP contribution in [0.3, 0.4) is 0 Å². The summed E-state index contributed by atoms with van der Waals surface area (Å²) >= 11 is 0. The monoisotopic (exact) mass is 369 g/mol. The summed E-state index contributed by atoms with van der Waals surface area (Å²) in [7, 11) is 2.00. The zero-order valence-corrected chi connectivity index (χ0v) is 16.3. The first-order valence-corrected chi connectivity index (χ1v) is 9.34. The van der Waals surface area contributed by atoms with Crippen molar-refractivity contribution in [2.75, 3.05) is 49.6 Å². The van der Waals surface area contributed by atoms with Crippen LogP contribution in [0.1, 0.15) is 18.2 Å². The largest absolute Gasteiger partial charge is 0.450 e. The van der Waals surface area contributed by atoms with Crippen LogP contribution < -0.4 is 9.80 Å². The topological polar surface area (TPSA) is 61.8 Å². The Hall–Kier alpha value is -2.83. The lowest BCUT2D eigenvalue weighted by Gasteiger charge is -2.35. The molecule has 144 valence electrons. The Bertz CT molecular complexity index is 760. The average Bonchev–Trinajstić information content (AvgIpc) is 2.68. The SMILES string of the molecule is CCOC(=O)N1CCN(c2cc(C)nc(N(C)Cc3ccccc3)n2)CC1. The van der Waals surface area contributed by atoms with E-state index >= 15 is 0 Å². The first-order valence-electron chi connectivity index (χ1n) is 9.34. The van der Waals surface area contributed by atoms with Gasteiger partial charge in [0.05, 0.1) is 6.61 Å². The van der Waals surface area contributed by atoms with Gasteiger partial charge in [-0.15, -0.1) is 0 Å². The molecule has 0 unspecified atom stereocenters. The van der Waals surface area contributed by atoms with E-state index in [0.29, 0.717) is 25.6 Å². The molecule has 1 aliphatic rings. The highest BCUT2D eigenvalue weighted by molar-refractivity contribution is 5.68. The van der Waals surface area contributed by atoms with Gasteiger partial charge in [-0.2, -0.15) is 4.98 Å². The molecule has 27 heavy (non-hydrogen) atoms. The minimum Gasteiger partial charge on any atom is -0.450 e. The van der Waals surface area contributed by atoms with Gasteiger partial charge in [0.15, 0.2) is 0 Å². The van der Waals surface area contributed by atoms with Crippen molar-refractivity contribution in [2.45, 2.75) is 20.4 Å². The van der Waals surface area contributed by atoms with Crippen molar-refractivity contribution in [1.29, 1.82) is 0 Å². The highest BCUT2D eigenvalue weighted by Crippen LogP contribution is 2.20. The second-order valence-corrected chi connectivity index (χ2v) is 6.68.